The van der Waals surface area contributed by atoms with E-state index >= 15 is 0 Å². The van der Waals surface area contributed by atoms with Crippen LogP contribution in [0.15, 0.2) is 12.7 Å². The van der Waals surface area contributed by atoms with Crippen LogP contribution in [0.3, 0.4) is 0 Å². The van der Waals surface area contributed by atoms with Crippen molar-refractivity contribution in [3.63, 3.8) is 0 Å². The van der Waals surface area contributed by atoms with Crippen molar-refractivity contribution < 1.29 is 23.1 Å². The second kappa shape index (κ2) is 7.29. The topological polar surface area (TPSA) is 68.0 Å². The first-order chi connectivity index (χ1) is 14.6. The number of hydrogen-bond acceptors (Lipinski definition) is 4. The lowest BCUT2D eigenvalue weighted by atomic mass is 9.49. The molecule has 0 saturated heterocycles. The van der Waals surface area contributed by atoms with Crippen LogP contribution in [0, 0.1) is 40.9 Å². The second-order valence-electron chi connectivity index (χ2n) is 10.9. The average Bonchev–Trinajstić information content (AvgIpc) is 3.33. The predicted molar refractivity (Wildman–Crippen MR) is 107 cm³/mol. The van der Waals surface area contributed by atoms with Gasteiger partial charge in [0.2, 0.25) is 0 Å². The normalized spacial score (nSPS) is 44.9. The maximum atomic E-state index is 13.4. The minimum absolute atomic E-state index is 0.0208. The van der Waals surface area contributed by atoms with Crippen LogP contribution in [0.1, 0.15) is 64.7 Å². The number of hydrogen-bond donors (Lipinski definition) is 1. The molecule has 0 amide bonds. The number of carbonyl (C=O) groups excluding carboxylic acids is 1. The molecule has 0 unspecified atom stereocenters. The Balaban J connectivity index is 1.30. The Bertz CT molecular complexity index is 829. The van der Waals surface area contributed by atoms with Crippen molar-refractivity contribution in [1.82, 2.24) is 14.8 Å². The minimum Gasteiger partial charge on any atom is -0.380 e. The molecule has 1 heterocycles. The number of Topliss-reactive ketones (excluding diaryl/α,β-unsaturated/α-hetero) is 1. The van der Waals surface area contributed by atoms with Crippen molar-refractivity contribution in [3.05, 3.63) is 12.7 Å². The number of carbonyl (C=O) groups is 1. The number of aromatic nitrogens is 3. The third-order valence-corrected chi connectivity index (χ3v) is 9.71. The molecular weight excluding hydrogens is 407 g/mol. The molecule has 4 aliphatic carbocycles. The van der Waals surface area contributed by atoms with Gasteiger partial charge in [0.05, 0.1) is 0 Å². The second-order valence-corrected chi connectivity index (χ2v) is 10.9. The van der Waals surface area contributed by atoms with Crippen molar-refractivity contribution in [2.24, 2.45) is 40.9 Å². The van der Waals surface area contributed by atoms with Crippen LogP contribution < -0.4 is 0 Å². The van der Waals surface area contributed by atoms with Gasteiger partial charge in [0.25, 0.3) is 0 Å². The van der Waals surface area contributed by atoms with Crippen molar-refractivity contribution in [2.75, 3.05) is 0 Å². The van der Waals surface area contributed by atoms with Gasteiger partial charge in [0.1, 0.15) is 19.2 Å². The fourth-order valence-electron chi connectivity index (χ4n) is 8.25. The van der Waals surface area contributed by atoms with Gasteiger partial charge in [-0.05, 0) is 92.8 Å². The summed E-state index contributed by atoms with van der Waals surface area (Å²) in [6, 6.07) is 0. The van der Waals surface area contributed by atoms with E-state index in [4.69, 9.17) is 0 Å². The van der Waals surface area contributed by atoms with E-state index in [1.165, 1.54) is 6.33 Å². The van der Waals surface area contributed by atoms with Gasteiger partial charge in [-0.2, -0.15) is 18.3 Å². The standard InChI is InChI=1S/C23H32F3N3O2/c1-21-8-6-16-15-7-9-22(31,23(24,25)26)10-14(15)2-3-17(16)18(21)4-5-19(21)20(30)11-29-13-27-12-28-29/h12-19,31H,2-11H2,1H3/t14-,15+,16-,17-,18+,19-,21+,22-/m1/s1. The van der Waals surface area contributed by atoms with Crippen LogP contribution >= 0.6 is 0 Å². The summed E-state index contributed by atoms with van der Waals surface area (Å²) < 4.78 is 41.8. The molecule has 0 aliphatic heterocycles. The highest BCUT2D eigenvalue weighted by atomic mass is 19.4. The van der Waals surface area contributed by atoms with Crippen LogP contribution in [0.4, 0.5) is 13.2 Å². The lowest BCUT2D eigenvalue weighted by Gasteiger charge is -2.57. The van der Waals surface area contributed by atoms with Crippen molar-refractivity contribution in [2.45, 2.75) is 83.0 Å². The maximum absolute atomic E-state index is 13.4. The molecule has 5 nitrogen and oxygen atoms in total. The van der Waals surface area contributed by atoms with Gasteiger partial charge < -0.3 is 5.11 Å². The highest BCUT2D eigenvalue weighted by molar-refractivity contribution is 5.82. The average molecular weight is 440 g/mol. The molecular formula is C23H32F3N3O2. The first-order valence-electron chi connectivity index (χ1n) is 11.8. The van der Waals surface area contributed by atoms with E-state index in [1.54, 1.807) is 11.0 Å². The van der Waals surface area contributed by atoms with Crippen LogP contribution in [-0.4, -0.2) is 37.4 Å². The zero-order chi connectivity index (χ0) is 22.0. The number of rotatable bonds is 3. The lowest BCUT2D eigenvalue weighted by Crippen LogP contribution is -2.55. The molecule has 5 rings (SSSR count). The molecule has 4 fully saturated rings. The van der Waals surface area contributed by atoms with Gasteiger partial charge in [-0.15, -0.1) is 0 Å². The Morgan fingerprint density at radius 2 is 1.87 bits per heavy atom. The van der Waals surface area contributed by atoms with E-state index in [9.17, 15) is 23.1 Å². The van der Waals surface area contributed by atoms with E-state index in [-0.39, 0.29) is 48.3 Å². The molecule has 172 valence electrons. The van der Waals surface area contributed by atoms with Crippen LogP contribution in [0.2, 0.25) is 0 Å². The first kappa shape index (κ1) is 21.4. The summed E-state index contributed by atoms with van der Waals surface area (Å²) in [5.74, 6) is 1.94. The summed E-state index contributed by atoms with van der Waals surface area (Å²) in [6.07, 6.45) is 4.27. The SMILES string of the molecule is C[C@]12CC[C@H]3[C@@H](CC[C@@H]4C[C@@](O)(C(F)(F)F)CC[C@@H]43)[C@@H]1CC[C@@H]2C(=O)Cn1cncn1. The van der Waals surface area contributed by atoms with E-state index in [2.05, 4.69) is 17.0 Å². The third kappa shape index (κ3) is 3.35. The smallest absolute Gasteiger partial charge is 0.380 e. The van der Waals surface area contributed by atoms with Crippen molar-refractivity contribution in [1.29, 1.82) is 0 Å². The Morgan fingerprint density at radius 1 is 1.10 bits per heavy atom. The molecule has 1 N–H and O–H groups in total. The molecule has 0 aromatic carbocycles. The van der Waals surface area contributed by atoms with Gasteiger partial charge in [-0.1, -0.05) is 6.92 Å². The molecule has 31 heavy (non-hydrogen) atoms. The maximum Gasteiger partial charge on any atom is 0.417 e. The molecule has 8 heteroatoms. The largest absolute Gasteiger partial charge is 0.417 e. The molecule has 1 aromatic heterocycles. The molecule has 1 aromatic rings. The van der Waals surface area contributed by atoms with E-state index in [0.29, 0.717) is 24.2 Å². The zero-order valence-electron chi connectivity index (χ0n) is 18.0. The van der Waals surface area contributed by atoms with Crippen LogP contribution in [0.25, 0.3) is 0 Å². The van der Waals surface area contributed by atoms with E-state index in [1.807, 2.05) is 0 Å². The number of aliphatic hydroxyl groups is 1. The number of ketones is 1. The van der Waals surface area contributed by atoms with Gasteiger partial charge >= 0.3 is 6.18 Å². The molecule has 4 saturated carbocycles. The zero-order valence-corrected chi connectivity index (χ0v) is 18.0. The van der Waals surface area contributed by atoms with E-state index in [0.717, 1.165) is 38.5 Å². The summed E-state index contributed by atoms with van der Waals surface area (Å²) in [7, 11) is 0. The Morgan fingerprint density at radius 3 is 2.58 bits per heavy atom. The van der Waals surface area contributed by atoms with Gasteiger partial charge in [-0.3, -0.25) is 4.79 Å². The lowest BCUT2D eigenvalue weighted by molar-refractivity contribution is -0.282. The quantitative estimate of drug-likeness (QED) is 0.758. The van der Waals surface area contributed by atoms with Gasteiger partial charge in [0, 0.05) is 5.92 Å². The third-order valence-electron chi connectivity index (χ3n) is 9.71. The first-order valence-corrected chi connectivity index (χ1v) is 11.8. The monoisotopic (exact) mass is 439 g/mol. The predicted octanol–water partition coefficient (Wildman–Crippen LogP) is 4.41. The summed E-state index contributed by atoms with van der Waals surface area (Å²) in [5, 5.41) is 14.3. The van der Waals surface area contributed by atoms with Gasteiger partial charge in [-0.25, -0.2) is 9.67 Å². The minimum atomic E-state index is -4.54. The fraction of sp³-hybridized carbons (Fsp3) is 0.870. The van der Waals surface area contributed by atoms with Gasteiger partial charge in [0.15, 0.2) is 11.4 Å². The summed E-state index contributed by atoms with van der Waals surface area (Å²) in [5.41, 5.74) is -2.52. The highest BCUT2D eigenvalue weighted by Gasteiger charge is 2.62. The van der Waals surface area contributed by atoms with Crippen molar-refractivity contribution >= 4 is 5.78 Å². The Hall–Kier alpha value is -1.44. The molecule has 4 aliphatic rings. The number of nitrogens with zero attached hydrogens (tertiary/aromatic N) is 3. The van der Waals surface area contributed by atoms with Crippen molar-refractivity contribution in [3.8, 4) is 0 Å². The highest BCUT2D eigenvalue weighted by Crippen LogP contribution is 2.65. The summed E-state index contributed by atoms with van der Waals surface area (Å²) in [6.45, 7) is 2.54. The molecule has 0 spiro atoms. The molecule has 8 atom stereocenters. The number of halogens is 3. The molecule has 0 bridgehead atoms. The Kier molecular flexibility index (Phi) is 5.03. The van der Waals surface area contributed by atoms with Crippen LogP contribution in [-0.2, 0) is 11.3 Å². The number of fused-ring (bicyclic) bond motifs is 5. The molecule has 0 radical (unpaired) electrons. The summed E-state index contributed by atoms with van der Waals surface area (Å²) >= 11 is 0. The fourth-order valence-corrected chi connectivity index (χ4v) is 8.25. The van der Waals surface area contributed by atoms with E-state index < -0.39 is 11.8 Å². The summed E-state index contributed by atoms with van der Waals surface area (Å²) in [4.78, 5) is 17.0. The number of alkyl halides is 3. The van der Waals surface area contributed by atoms with Crippen LogP contribution in [0.5, 0.6) is 0 Å². The Labute approximate surface area is 180 Å².